The second-order valence-corrected chi connectivity index (χ2v) is 4.63. The summed E-state index contributed by atoms with van der Waals surface area (Å²) in [6.07, 6.45) is -4.54. The number of alkyl halides is 3. The third kappa shape index (κ3) is 2.72. The quantitative estimate of drug-likeness (QED) is 0.845. The van der Waals surface area contributed by atoms with Gasteiger partial charge in [-0.15, -0.1) is 0 Å². The lowest BCUT2D eigenvalue weighted by atomic mass is 10.1. The molecule has 0 unspecified atom stereocenters. The summed E-state index contributed by atoms with van der Waals surface area (Å²) in [7, 11) is 0. The van der Waals surface area contributed by atoms with Crippen LogP contribution in [-0.2, 0) is 6.18 Å². The molecule has 0 aliphatic carbocycles. The monoisotopic (exact) mass is 308 g/mol. The van der Waals surface area contributed by atoms with Crippen LogP contribution >= 0.6 is 23.2 Å². The molecule has 102 valence electrons. The summed E-state index contributed by atoms with van der Waals surface area (Å²) >= 11 is 11.7. The van der Waals surface area contributed by atoms with E-state index in [0.717, 1.165) is 6.07 Å². The van der Waals surface area contributed by atoms with Crippen LogP contribution in [-0.4, -0.2) is 11.5 Å². The number of rotatable bonds is 2. The van der Waals surface area contributed by atoms with Crippen LogP contribution in [0.15, 0.2) is 18.2 Å². The Bertz CT molecular complexity index is 626. The van der Waals surface area contributed by atoms with Gasteiger partial charge in [-0.25, -0.2) is 4.98 Å². The molecule has 0 amide bonds. The van der Waals surface area contributed by atoms with E-state index in [1.54, 1.807) is 13.0 Å². The molecule has 1 N–H and O–H groups in total. The van der Waals surface area contributed by atoms with Gasteiger partial charge in [0.2, 0.25) is 0 Å². The van der Waals surface area contributed by atoms with Gasteiger partial charge in [-0.3, -0.25) is 0 Å². The molecule has 0 spiro atoms. The van der Waals surface area contributed by atoms with Crippen LogP contribution in [0.3, 0.4) is 0 Å². The molecule has 2 nitrogen and oxygen atoms in total. The Morgan fingerprint density at radius 2 is 1.95 bits per heavy atom. The molecule has 1 aromatic heterocycles. The Balaban J connectivity index is 2.80. The summed E-state index contributed by atoms with van der Waals surface area (Å²) < 4.78 is 38.4. The second kappa shape index (κ2) is 5.06. The maximum absolute atomic E-state index is 12.8. The van der Waals surface area contributed by atoms with Gasteiger partial charge in [0.15, 0.2) is 0 Å². The minimum Gasteiger partial charge on any atom is -0.385 e. The number of nitrogens with zero attached hydrogens (tertiary/aromatic N) is 1. The molecule has 0 saturated carbocycles. The number of anilines is 1. The van der Waals surface area contributed by atoms with Crippen molar-refractivity contribution >= 4 is 39.8 Å². The standard InChI is InChI=1S/C12H9Cl2F3N2/c1-2-18-8-5-9(12(15,16)17)19-11-6(8)3-4-7(13)10(11)14/h3-5H,2H2,1H3,(H,18,19). The minimum absolute atomic E-state index is 0.0180. The van der Waals surface area contributed by atoms with Crippen molar-refractivity contribution in [2.45, 2.75) is 13.1 Å². The normalized spacial score (nSPS) is 11.9. The van der Waals surface area contributed by atoms with E-state index in [4.69, 9.17) is 23.2 Å². The first-order chi connectivity index (χ1) is 8.84. The van der Waals surface area contributed by atoms with Gasteiger partial charge < -0.3 is 5.32 Å². The van der Waals surface area contributed by atoms with Crippen LogP contribution in [0.4, 0.5) is 18.9 Å². The first kappa shape index (κ1) is 14.2. The molecule has 0 aliphatic heterocycles. The van der Waals surface area contributed by atoms with Crippen LogP contribution in [0.2, 0.25) is 10.0 Å². The van der Waals surface area contributed by atoms with Gasteiger partial charge in [-0.05, 0) is 25.1 Å². The van der Waals surface area contributed by atoms with Gasteiger partial charge >= 0.3 is 6.18 Å². The molecular weight excluding hydrogens is 300 g/mol. The molecule has 1 aromatic carbocycles. The lowest BCUT2D eigenvalue weighted by molar-refractivity contribution is -0.140. The van der Waals surface area contributed by atoms with E-state index in [9.17, 15) is 13.2 Å². The maximum Gasteiger partial charge on any atom is 0.433 e. The highest BCUT2D eigenvalue weighted by molar-refractivity contribution is 6.45. The molecule has 0 aliphatic rings. The summed E-state index contributed by atoms with van der Waals surface area (Å²) in [6.45, 7) is 2.27. The van der Waals surface area contributed by atoms with Crippen molar-refractivity contribution in [2.24, 2.45) is 0 Å². The lowest BCUT2D eigenvalue weighted by Crippen LogP contribution is -2.10. The molecule has 2 rings (SSSR count). The molecule has 2 aromatic rings. The van der Waals surface area contributed by atoms with E-state index < -0.39 is 11.9 Å². The van der Waals surface area contributed by atoms with Gasteiger partial charge in [0.1, 0.15) is 5.69 Å². The fourth-order valence-electron chi connectivity index (χ4n) is 1.72. The number of halogens is 5. The summed E-state index contributed by atoms with van der Waals surface area (Å²) in [5.41, 5.74) is -0.626. The van der Waals surface area contributed by atoms with Crippen LogP contribution in [0.5, 0.6) is 0 Å². The number of aromatic nitrogens is 1. The summed E-state index contributed by atoms with van der Waals surface area (Å²) in [5, 5.41) is 3.56. The van der Waals surface area contributed by atoms with Gasteiger partial charge in [-0.1, -0.05) is 23.2 Å². The third-order valence-electron chi connectivity index (χ3n) is 2.53. The first-order valence-electron chi connectivity index (χ1n) is 5.44. The molecule has 0 atom stereocenters. The van der Waals surface area contributed by atoms with Crippen LogP contribution in [0.25, 0.3) is 10.9 Å². The summed E-state index contributed by atoms with van der Waals surface area (Å²) in [5.74, 6) is 0. The minimum atomic E-state index is -4.54. The highest BCUT2D eigenvalue weighted by Crippen LogP contribution is 2.37. The van der Waals surface area contributed by atoms with Gasteiger partial charge in [-0.2, -0.15) is 13.2 Å². The topological polar surface area (TPSA) is 24.9 Å². The van der Waals surface area contributed by atoms with E-state index in [1.165, 1.54) is 6.07 Å². The van der Waals surface area contributed by atoms with Crippen molar-refractivity contribution in [1.82, 2.24) is 4.98 Å². The maximum atomic E-state index is 12.8. The number of hydrogen-bond acceptors (Lipinski definition) is 2. The lowest BCUT2D eigenvalue weighted by Gasteiger charge is -2.13. The molecule has 7 heteroatoms. The Hall–Kier alpha value is -1.20. The van der Waals surface area contributed by atoms with Crippen molar-refractivity contribution in [3.8, 4) is 0 Å². The third-order valence-corrected chi connectivity index (χ3v) is 3.32. The summed E-state index contributed by atoms with van der Waals surface area (Å²) in [4.78, 5) is 3.57. The van der Waals surface area contributed by atoms with E-state index in [0.29, 0.717) is 17.6 Å². The van der Waals surface area contributed by atoms with E-state index in [2.05, 4.69) is 10.3 Å². The predicted octanol–water partition coefficient (Wildman–Crippen LogP) is 4.99. The van der Waals surface area contributed by atoms with E-state index in [1.807, 2.05) is 0 Å². The Kier molecular flexibility index (Phi) is 3.78. The molecule has 0 bridgehead atoms. The smallest absolute Gasteiger partial charge is 0.385 e. The van der Waals surface area contributed by atoms with Gasteiger partial charge in [0, 0.05) is 17.6 Å². The van der Waals surface area contributed by atoms with Crippen LogP contribution < -0.4 is 5.32 Å². The number of nitrogens with one attached hydrogen (secondary N) is 1. The van der Waals surface area contributed by atoms with Crippen LogP contribution in [0, 0.1) is 0 Å². The molecular formula is C12H9Cl2F3N2. The Morgan fingerprint density at radius 3 is 2.53 bits per heavy atom. The average molecular weight is 309 g/mol. The number of benzene rings is 1. The number of pyridine rings is 1. The highest BCUT2D eigenvalue weighted by atomic mass is 35.5. The van der Waals surface area contributed by atoms with Gasteiger partial charge in [0.05, 0.1) is 15.6 Å². The van der Waals surface area contributed by atoms with Crippen LogP contribution in [0.1, 0.15) is 12.6 Å². The molecule has 0 saturated heterocycles. The van der Waals surface area contributed by atoms with E-state index in [-0.39, 0.29) is 15.6 Å². The summed E-state index contributed by atoms with van der Waals surface area (Å²) in [6, 6.07) is 4.09. The zero-order valence-electron chi connectivity index (χ0n) is 9.78. The first-order valence-corrected chi connectivity index (χ1v) is 6.20. The SMILES string of the molecule is CCNc1cc(C(F)(F)F)nc2c(Cl)c(Cl)ccc12. The fraction of sp³-hybridized carbons (Fsp3) is 0.250. The average Bonchev–Trinajstić information content (AvgIpc) is 2.33. The fourth-order valence-corrected chi connectivity index (χ4v) is 2.08. The Labute approximate surface area is 117 Å². The largest absolute Gasteiger partial charge is 0.433 e. The van der Waals surface area contributed by atoms with Crippen molar-refractivity contribution in [3.63, 3.8) is 0 Å². The molecule has 0 fully saturated rings. The van der Waals surface area contributed by atoms with Crippen molar-refractivity contribution in [3.05, 3.63) is 33.9 Å². The zero-order valence-corrected chi connectivity index (χ0v) is 11.3. The molecule has 19 heavy (non-hydrogen) atoms. The highest BCUT2D eigenvalue weighted by Gasteiger charge is 2.33. The predicted molar refractivity (Wildman–Crippen MR) is 70.9 cm³/mol. The second-order valence-electron chi connectivity index (χ2n) is 3.84. The molecule has 0 radical (unpaired) electrons. The van der Waals surface area contributed by atoms with E-state index >= 15 is 0 Å². The van der Waals surface area contributed by atoms with Crippen molar-refractivity contribution in [1.29, 1.82) is 0 Å². The molecule has 1 heterocycles. The number of fused-ring (bicyclic) bond motifs is 1. The zero-order chi connectivity index (χ0) is 14.2. The number of hydrogen-bond donors (Lipinski definition) is 1. The van der Waals surface area contributed by atoms with Gasteiger partial charge in [0.25, 0.3) is 0 Å². The Morgan fingerprint density at radius 1 is 1.26 bits per heavy atom. The van der Waals surface area contributed by atoms with Crippen molar-refractivity contribution < 1.29 is 13.2 Å². The van der Waals surface area contributed by atoms with Crippen molar-refractivity contribution in [2.75, 3.05) is 11.9 Å².